The van der Waals surface area contributed by atoms with E-state index in [0.717, 1.165) is 27.7 Å². The summed E-state index contributed by atoms with van der Waals surface area (Å²) in [6.07, 6.45) is -7.13. The average Bonchev–Trinajstić information content (AvgIpc) is 2.81. The van der Waals surface area contributed by atoms with Gasteiger partial charge in [-0.05, 0) is 6.92 Å². The first-order chi connectivity index (χ1) is 18.1. The Bertz CT molecular complexity index is 943. The normalized spacial score (nSPS) is 23.8. The van der Waals surface area contributed by atoms with Gasteiger partial charge in [0.1, 0.15) is 24.8 Å². The van der Waals surface area contributed by atoms with Crippen molar-refractivity contribution in [3.63, 3.8) is 0 Å². The molecule has 3 amide bonds. The van der Waals surface area contributed by atoms with Crippen molar-refractivity contribution in [2.24, 2.45) is 11.5 Å². The highest BCUT2D eigenvalue weighted by Crippen LogP contribution is 2.30. The first-order valence-electron chi connectivity index (χ1n) is 11.7. The van der Waals surface area contributed by atoms with Gasteiger partial charge in [-0.3, -0.25) is 33.6 Å². The molecule has 0 aromatic heterocycles. The van der Waals surface area contributed by atoms with E-state index < -0.39 is 104 Å². The van der Waals surface area contributed by atoms with Crippen LogP contribution in [0.4, 0.5) is 0 Å². The van der Waals surface area contributed by atoms with E-state index in [2.05, 4.69) is 10.6 Å². The maximum atomic E-state index is 12.3. The molecule has 0 aromatic carbocycles. The molecule has 1 aliphatic rings. The minimum Gasteiger partial charge on any atom is -0.463 e. The van der Waals surface area contributed by atoms with Crippen LogP contribution in [0.15, 0.2) is 0 Å². The maximum absolute atomic E-state index is 12.3. The third kappa shape index (κ3) is 11.6. The molecular weight excluding hydrogens is 528 g/mol. The zero-order chi connectivity index (χ0) is 29.9. The van der Waals surface area contributed by atoms with Crippen LogP contribution in [-0.4, -0.2) is 104 Å². The van der Waals surface area contributed by atoms with Crippen molar-refractivity contribution < 1.29 is 62.0 Å². The first-order valence-corrected chi connectivity index (χ1v) is 11.7. The minimum atomic E-state index is -1.54. The summed E-state index contributed by atoms with van der Waals surface area (Å²) in [4.78, 5) is 82.0. The molecule has 0 saturated carbocycles. The average molecular weight is 563 g/mol. The van der Waals surface area contributed by atoms with E-state index in [1.165, 1.54) is 6.92 Å². The van der Waals surface area contributed by atoms with Gasteiger partial charge >= 0.3 is 23.9 Å². The number of amides is 3. The second-order valence-corrected chi connectivity index (χ2v) is 8.42. The molecule has 0 aromatic rings. The molecule has 1 rings (SSSR count). The molecule has 0 radical (unpaired) electrons. The Hall–Kier alpha value is -3.83. The van der Waals surface area contributed by atoms with Gasteiger partial charge in [-0.1, -0.05) is 0 Å². The molecule has 17 nitrogen and oxygen atoms in total. The largest absolute Gasteiger partial charge is 0.463 e. The summed E-state index contributed by atoms with van der Waals surface area (Å²) in [6.45, 7) is 4.11. The summed E-state index contributed by atoms with van der Waals surface area (Å²) in [5.74, 6) is -5.48. The van der Waals surface area contributed by atoms with Gasteiger partial charge in [0.25, 0.3) is 0 Å². The monoisotopic (exact) mass is 562 g/mol. The van der Waals surface area contributed by atoms with Gasteiger partial charge in [0.15, 0.2) is 24.6 Å². The van der Waals surface area contributed by atoms with Crippen molar-refractivity contribution in [3.05, 3.63) is 0 Å². The molecule has 0 bridgehead atoms. The Morgan fingerprint density at radius 3 is 1.90 bits per heavy atom. The number of ether oxygens (including phenoxy) is 6. The van der Waals surface area contributed by atoms with Crippen LogP contribution in [0.3, 0.4) is 0 Å². The van der Waals surface area contributed by atoms with E-state index >= 15 is 0 Å². The van der Waals surface area contributed by atoms with Gasteiger partial charge in [0.2, 0.25) is 17.7 Å². The Labute approximate surface area is 223 Å². The van der Waals surface area contributed by atoms with Crippen molar-refractivity contribution in [2.75, 3.05) is 19.8 Å². The highest BCUT2D eigenvalue weighted by atomic mass is 16.7. The number of carbonyl (C=O) groups is 7. The van der Waals surface area contributed by atoms with Gasteiger partial charge in [-0.25, -0.2) is 0 Å². The van der Waals surface area contributed by atoms with E-state index in [-0.39, 0.29) is 0 Å². The van der Waals surface area contributed by atoms with Crippen LogP contribution in [0, 0.1) is 0 Å². The molecule has 1 aliphatic heterocycles. The Morgan fingerprint density at radius 1 is 0.846 bits per heavy atom. The maximum Gasteiger partial charge on any atom is 0.303 e. The third-order valence-electron chi connectivity index (χ3n) is 4.95. The van der Waals surface area contributed by atoms with E-state index in [9.17, 15) is 33.6 Å². The summed E-state index contributed by atoms with van der Waals surface area (Å²) in [6, 6.07) is -2.34. The van der Waals surface area contributed by atoms with E-state index in [0.29, 0.717) is 0 Å². The lowest BCUT2D eigenvalue weighted by molar-refractivity contribution is -0.308. The van der Waals surface area contributed by atoms with Gasteiger partial charge in [-0.15, -0.1) is 0 Å². The molecular formula is C22H34N4O13. The lowest BCUT2D eigenvalue weighted by Crippen LogP contribution is -2.63. The number of nitrogens with two attached hydrogens (primary N) is 2. The fourth-order valence-corrected chi connectivity index (χ4v) is 3.26. The Kier molecular flexibility index (Phi) is 13.2. The summed E-state index contributed by atoms with van der Waals surface area (Å²) >= 11 is 0. The zero-order valence-electron chi connectivity index (χ0n) is 22.1. The van der Waals surface area contributed by atoms with Crippen LogP contribution >= 0.6 is 0 Å². The third-order valence-corrected chi connectivity index (χ3v) is 4.95. The fraction of sp³-hybridized carbons (Fsp3) is 0.682. The van der Waals surface area contributed by atoms with Gasteiger partial charge in [-0.2, -0.15) is 0 Å². The van der Waals surface area contributed by atoms with Gasteiger partial charge < -0.3 is 50.5 Å². The molecule has 17 heteroatoms. The van der Waals surface area contributed by atoms with Crippen molar-refractivity contribution >= 4 is 41.6 Å². The first kappa shape index (κ1) is 33.2. The van der Waals surface area contributed by atoms with Crippen molar-refractivity contribution in [1.29, 1.82) is 0 Å². The Balaban J connectivity index is 3.05. The highest BCUT2D eigenvalue weighted by Gasteiger charge is 2.52. The summed E-state index contributed by atoms with van der Waals surface area (Å²) < 4.78 is 32.0. The molecule has 1 heterocycles. The van der Waals surface area contributed by atoms with Gasteiger partial charge in [0, 0.05) is 27.7 Å². The molecule has 220 valence electrons. The standard InChI is InChI=1S/C22H34N4O13/c1-9(20(24)32)26-16(31)6-25-21(33)14(23)7-35-22-19(38-13(5)30)18(37-12(4)29)17(36-11(3)28)15(39-22)8-34-10(2)27/h9,14-15,17-19,22H,6-8,23H2,1-5H3,(H2,24,32)(H,25,33)(H,26,31)/t9-,14-,15+,17+,18-,19+,22+/m0/s1. The van der Waals surface area contributed by atoms with Crippen molar-refractivity contribution in [2.45, 2.75) is 77.4 Å². The quantitative estimate of drug-likeness (QED) is 0.126. The topological polar surface area (TPSA) is 251 Å². The van der Waals surface area contributed by atoms with Crippen LogP contribution in [-0.2, 0) is 62.0 Å². The van der Waals surface area contributed by atoms with Crippen LogP contribution in [0.2, 0.25) is 0 Å². The van der Waals surface area contributed by atoms with E-state index in [4.69, 9.17) is 39.9 Å². The molecule has 0 spiro atoms. The lowest BCUT2D eigenvalue weighted by Gasteiger charge is -2.44. The van der Waals surface area contributed by atoms with E-state index in [1.54, 1.807) is 0 Å². The van der Waals surface area contributed by atoms with Crippen LogP contribution in [0.25, 0.3) is 0 Å². The second-order valence-electron chi connectivity index (χ2n) is 8.42. The number of hydrogen-bond acceptors (Lipinski definition) is 14. The number of esters is 4. The van der Waals surface area contributed by atoms with Crippen LogP contribution < -0.4 is 22.1 Å². The number of hydrogen-bond donors (Lipinski definition) is 4. The number of carbonyl (C=O) groups excluding carboxylic acids is 7. The summed E-state index contributed by atoms with van der Waals surface area (Å²) in [7, 11) is 0. The van der Waals surface area contributed by atoms with Crippen LogP contribution in [0.1, 0.15) is 34.6 Å². The molecule has 6 N–H and O–H groups in total. The molecule has 0 unspecified atom stereocenters. The Morgan fingerprint density at radius 2 is 1.38 bits per heavy atom. The summed E-state index contributed by atoms with van der Waals surface area (Å²) in [5.41, 5.74) is 10.9. The predicted molar refractivity (Wildman–Crippen MR) is 126 cm³/mol. The predicted octanol–water partition coefficient (Wildman–Crippen LogP) is -3.48. The summed E-state index contributed by atoms with van der Waals surface area (Å²) in [5, 5.41) is 4.51. The number of rotatable bonds is 13. The smallest absolute Gasteiger partial charge is 0.303 e. The minimum absolute atomic E-state index is 0.469. The SMILES string of the molecule is CC(=O)OC[C@H]1O[C@@H](OC[C@H](N)C(=O)NCC(=O)N[C@@H](C)C(N)=O)[C@H](OC(C)=O)[C@@H](OC(C)=O)[C@@H]1OC(C)=O. The van der Waals surface area contributed by atoms with Crippen molar-refractivity contribution in [1.82, 2.24) is 10.6 Å². The zero-order valence-corrected chi connectivity index (χ0v) is 22.1. The molecule has 1 fully saturated rings. The second kappa shape index (κ2) is 15.6. The molecule has 7 atom stereocenters. The highest BCUT2D eigenvalue weighted by molar-refractivity contribution is 5.90. The van der Waals surface area contributed by atoms with Gasteiger partial charge in [0.05, 0.1) is 13.2 Å². The lowest BCUT2D eigenvalue weighted by atomic mass is 9.98. The number of primary amides is 1. The van der Waals surface area contributed by atoms with E-state index in [1.807, 2.05) is 0 Å². The molecule has 0 aliphatic carbocycles. The van der Waals surface area contributed by atoms with Crippen LogP contribution in [0.5, 0.6) is 0 Å². The number of nitrogens with one attached hydrogen (secondary N) is 2. The molecule has 1 saturated heterocycles. The molecule has 39 heavy (non-hydrogen) atoms. The van der Waals surface area contributed by atoms with Crippen molar-refractivity contribution in [3.8, 4) is 0 Å². The fourth-order valence-electron chi connectivity index (χ4n) is 3.26.